The van der Waals surface area contributed by atoms with Crippen LogP contribution < -0.4 is 15.8 Å². The van der Waals surface area contributed by atoms with E-state index in [1.165, 1.54) is 23.7 Å². The molecule has 1 fully saturated rings. The Bertz CT molecular complexity index is 822. The number of nitrogens with one attached hydrogen (secondary N) is 1. The Labute approximate surface area is 158 Å². The topological polar surface area (TPSA) is 97.5 Å². The standard InChI is InChI=1S/C21H25N3O3/c22-21(26)14-6-10-20(23-12-14)27-15-7-8-16-13(11-15)5-9-17(16)24-18-3-1-2-4-19(18)25/h6-8,10-12,17-19,24-25H,1-5,9H2,(H2,22,26). The minimum absolute atomic E-state index is 0.193. The molecule has 1 heterocycles. The molecule has 6 heteroatoms. The molecule has 1 saturated carbocycles. The zero-order chi connectivity index (χ0) is 18.8. The van der Waals surface area contributed by atoms with Gasteiger partial charge in [0.25, 0.3) is 0 Å². The lowest BCUT2D eigenvalue weighted by atomic mass is 9.91. The van der Waals surface area contributed by atoms with E-state index in [1.807, 2.05) is 6.07 Å². The summed E-state index contributed by atoms with van der Waals surface area (Å²) in [5.41, 5.74) is 8.14. The van der Waals surface area contributed by atoms with Gasteiger partial charge >= 0.3 is 0 Å². The van der Waals surface area contributed by atoms with Crippen molar-refractivity contribution in [3.8, 4) is 11.6 Å². The van der Waals surface area contributed by atoms with E-state index in [-0.39, 0.29) is 12.1 Å². The highest BCUT2D eigenvalue weighted by atomic mass is 16.5. The minimum atomic E-state index is -0.506. The maximum absolute atomic E-state index is 11.1. The third-order valence-corrected chi connectivity index (χ3v) is 5.58. The number of aromatic nitrogens is 1. The third kappa shape index (κ3) is 3.96. The number of ether oxygens (including phenoxy) is 1. The Morgan fingerprint density at radius 3 is 2.78 bits per heavy atom. The number of pyridine rings is 1. The number of aryl methyl sites for hydroxylation is 1. The van der Waals surface area contributed by atoms with Crippen LogP contribution in [-0.4, -0.2) is 28.1 Å². The van der Waals surface area contributed by atoms with Crippen molar-refractivity contribution in [2.75, 3.05) is 0 Å². The molecule has 2 aliphatic carbocycles. The third-order valence-electron chi connectivity index (χ3n) is 5.58. The number of aliphatic hydroxyl groups is 1. The van der Waals surface area contributed by atoms with E-state index in [2.05, 4.69) is 22.4 Å². The first-order valence-corrected chi connectivity index (χ1v) is 9.61. The van der Waals surface area contributed by atoms with Crippen LogP contribution in [0.1, 0.15) is 59.6 Å². The summed E-state index contributed by atoms with van der Waals surface area (Å²) < 4.78 is 5.82. The van der Waals surface area contributed by atoms with Crippen molar-refractivity contribution >= 4 is 5.91 Å². The lowest BCUT2D eigenvalue weighted by Gasteiger charge is -2.31. The molecule has 0 saturated heterocycles. The number of hydrogen-bond acceptors (Lipinski definition) is 5. The number of aliphatic hydroxyl groups excluding tert-OH is 1. The molecule has 0 radical (unpaired) electrons. The van der Waals surface area contributed by atoms with Crippen molar-refractivity contribution in [2.24, 2.45) is 5.73 Å². The van der Waals surface area contributed by atoms with Gasteiger partial charge in [-0.1, -0.05) is 18.9 Å². The largest absolute Gasteiger partial charge is 0.439 e. The molecule has 0 bridgehead atoms. The molecule has 1 aromatic carbocycles. The molecule has 4 N–H and O–H groups in total. The lowest BCUT2D eigenvalue weighted by molar-refractivity contribution is 0.0848. The number of amides is 1. The SMILES string of the molecule is NC(=O)c1ccc(Oc2ccc3c(c2)CCC3NC2CCCCC2O)nc1. The lowest BCUT2D eigenvalue weighted by Crippen LogP contribution is -2.43. The van der Waals surface area contributed by atoms with Gasteiger partial charge in [-0.3, -0.25) is 4.79 Å². The summed E-state index contributed by atoms with van der Waals surface area (Å²) in [6.45, 7) is 0. The number of primary amides is 1. The van der Waals surface area contributed by atoms with E-state index < -0.39 is 5.91 Å². The van der Waals surface area contributed by atoms with Crippen LogP contribution in [0.15, 0.2) is 36.5 Å². The van der Waals surface area contributed by atoms with E-state index in [1.54, 1.807) is 12.1 Å². The van der Waals surface area contributed by atoms with Crippen molar-refractivity contribution < 1.29 is 14.6 Å². The summed E-state index contributed by atoms with van der Waals surface area (Å²) in [7, 11) is 0. The van der Waals surface area contributed by atoms with E-state index in [0.29, 0.717) is 17.5 Å². The van der Waals surface area contributed by atoms with Crippen LogP contribution in [0.5, 0.6) is 11.6 Å². The van der Waals surface area contributed by atoms with Crippen molar-refractivity contribution in [3.63, 3.8) is 0 Å². The first-order valence-electron chi connectivity index (χ1n) is 9.61. The molecule has 4 rings (SSSR count). The number of nitrogens with zero attached hydrogens (tertiary/aromatic N) is 1. The molecule has 0 spiro atoms. The van der Waals surface area contributed by atoms with Gasteiger partial charge in [0.15, 0.2) is 0 Å². The maximum atomic E-state index is 11.1. The summed E-state index contributed by atoms with van der Waals surface area (Å²) in [5.74, 6) is 0.651. The number of fused-ring (bicyclic) bond motifs is 1. The maximum Gasteiger partial charge on any atom is 0.250 e. The zero-order valence-corrected chi connectivity index (χ0v) is 15.2. The summed E-state index contributed by atoms with van der Waals surface area (Å²) in [5, 5.41) is 13.9. The average Bonchev–Trinajstić information content (AvgIpc) is 3.06. The van der Waals surface area contributed by atoms with Gasteiger partial charge in [-0.15, -0.1) is 0 Å². The van der Waals surface area contributed by atoms with Gasteiger partial charge in [-0.2, -0.15) is 0 Å². The second-order valence-electron chi connectivity index (χ2n) is 7.43. The predicted octanol–water partition coefficient (Wildman–Crippen LogP) is 2.85. The molecule has 142 valence electrons. The summed E-state index contributed by atoms with van der Waals surface area (Å²) in [6.07, 6.45) is 7.44. The molecule has 27 heavy (non-hydrogen) atoms. The molecule has 1 amide bonds. The van der Waals surface area contributed by atoms with Gasteiger partial charge in [0.1, 0.15) is 5.75 Å². The Balaban J connectivity index is 1.44. The average molecular weight is 367 g/mol. The minimum Gasteiger partial charge on any atom is -0.439 e. The van der Waals surface area contributed by atoms with Crippen LogP contribution in [0.25, 0.3) is 0 Å². The van der Waals surface area contributed by atoms with Gasteiger partial charge in [0.05, 0.1) is 11.7 Å². The fourth-order valence-electron chi connectivity index (χ4n) is 4.10. The van der Waals surface area contributed by atoms with E-state index in [0.717, 1.165) is 37.9 Å². The van der Waals surface area contributed by atoms with Crippen LogP contribution in [0.3, 0.4) is 0 Å². The van der Waals surface area contributed by atoms with E-state index >= 15 is 0 Å². The van der Waals surface area contributed by atoms with Crippen molar-refractivity contribution in [3.05, 3.63) is 53.2 Å². The zero-order valence-electron chi connectivity index (χ0n) is 15.2. The molecular weight excluding hydrogens is 342 g/mol. The quantitative estimate of drug-likeness (QED) is 0.755. The van der Waals surface area contributed by atoms with E-state index in [4.69, 9.17) is 10.5 Å². The molecule has 2 aromatic rings. The molecule has 3 unspecified atom stereocenters. The number of carbonyl (C=O) groups is 1. The number of nitrogens with two attached hydrogens (primary N) is 1. The highest BCUT2D eigenvalue weighted by Crippen LogP contribution is 2.36. The number of rotatable bonds is 5. The number of carbonyl (C=O) groups excluding carboxylic acids is 1. The molecule has 2 aliphatic rings. The highest BCUT2D eigenvalue weighted by Gasteiger charge is 2.29. The summed E-state index contributed by atoms with van der Waals surface area (Å²) in [6, 6.07) is 9.83. The van der Waals surface area contributed by atoms with Crippen LogP contribution >= 0.6 is 0 Å². The van der Waals surface area contributed by atoms with Gasteiger partial charge in [0.2, 0.25) is 11.8 Å². The fourth-order valence-corrected chi connectivity index (χ4v) is 4.10. The Morgan fingerprint density at radius 2 is 2.04 bits per heavy atom. The van der Waals surface area contributed by atoms with Crippen molar-refractivity contribution in [1.82, 2.24) is 10.3 Å². The van der Waals surface area contributed by atoms with Crippen LogP contribution in [0.4, 0.5) is 0 Å². The van der Waals surface area contributed by atoms with Crippen LogP contribution in [0.2, 0.25) is 0 Å². The number of hydrogen-bond donors (Lipinski definition) is 3. The van der Waals surface area contributed by atoms with Gasteiger partial charge in [-0.25, -0.2) is 4.98 Å². The second-order valence-corrected chi connectivity index (χ2v) is 7.43. The molecule has 6 nitrogen and oxygen atoms in total. The molecule has 0 aliphatic heterocycles. The normalized spacial score (nSPS) is 24.4. The number of benzene rings is 1. The van der Waals surface area contributed by atoms with Crippen LogP contribution in [-0.2, 0) is 6.42 Å². The smallest absolute Gasteiger partial charge is 0.250 e. The molecule has 1 aromatic heterocycles. The van der Waals surface area contributed by atoms with Crippen molar-refractivity contribution in [1.29, 1.82) is 0 Å². The summed E-state index contributed by atoms with van der Waals surface area (Å²) >= 11 is 0. The first-order chi connectivity index (χ1) is 13.1. The molecular formula is C21H25N3O3. The Morgan fingerprint density at radius 1 is 1.19 bits per heavy atom. The Kier molecular flexibility index (Phi) is 5.09. The van der Waals surface area contributed by atoms with Gasteiger partial charge < -0.3 is 20.9 Å². The fraction of sp³-hybridized carbons (Fsp3) is 0.429. The summed E-state index contributed by atoms with van der Waals surface area (Å²) in [4.78, 5) is 15.2. The van der Waals surface area contributed by atoms with Gasteiger partial charge in [-0.05, 0) is 55.0 Å². The highest BCUT2D eigenvalue weighted by molar-refractivity contribution is 5.92. The molecule has 3 atom stereocenters. The second kappa shape index (κ2) is 7.66. The van der Waals surface area contributed by atoms with Crippen molar-refractivity contribution in [2.45, 2.75) is 56.7 Å². The Hall–Kier alpha value is -2.44. The first kappa shape index (κ1) is 17.9. The van der Waals surface area contributed by atoms with Crippen LogP contribution in [0, 0.1) is 0 Å². The monoisotopic (exact) mass is 367 g/mol. The van der Waals surface area contributed by atoms with Gasteiger partial charge in [0, 0.05) is 24.3 Å². The van der Waals surface area contributed by atoms with E-state index in [9.17, 15) is 9.90 Å². The predicted molar refractivity (Wildman–Crippen MR) is 102 cm³/mol.